The van der Waals surface area contributed by atoms with E-state index in [1.165, 1.54) is 18.2 Å². The van der Waals surface area contributed by atoms with Gasteiger partial charge < -0.3 is 5.73 Å². The number of hydrogen-bond donors (Lipinski definition) is 1. The molecular weight excluding hydrogens is 276 g/mol. The molecule has 0 spiro atoms. The van der Waals surface area contributed by atoms with Crippen molar-refractivity contribution < 1.29 is 8.78 Å². The third kappa shape index (κ3) is 1.93. The first-order valence-electron chi connectivity index (χ1n) is 4.59. The largest absolute Gasteiger partial charge is 0.398 e. The van der Waals surface area contributed by atoms with Crippen LogP contribution < -0.4 is 5.73 Å². The molecule has 0 fully saturated rings. The molecule has 2 rings (SSSR count). The van der Waals surface area contributed by atoms with Gasteiger partial charge in [0.25, 0.3) is 0 Å². The van der Waals surface area contributed by atoms with E-state index in [2.05, 4.69) is 15.9 Å². The van der Waals surface area contributed by atoms with Crippen LogP contribution >= 0.6 is 15.9 Å². The van der Waals surface area contributed by atoms with Gasteiger partial charge in [-0.3, -0.25) is 0 Å². The van der Waals surface area contributed by atoms with Crippen LogP contribution in [0.1, 0.15) is 0 Å². The molecule has 0 saturated heterocycles. The van der Waals surface area contributed by atoms with Crippen molar-refractivity contribution in [1.29, 1.82) is 0 Å². The van der Waals surface area contributed by atoms with E-state index in [1.807, 2.05) is 0 Å². The molecule has 0 aliphatic carbocycles. The predicted molar refractivity (Wildman–Crippen MR) is 63.9 cm³/mol. The molecule has 2 aromatic rings. The van der Waals surface area contributed by atoms with Crippen LogP contribution in [0.3, 0.4) is 0 Å². The molecule has 2 N–H and O–H groups in total. The van der Waals surface area contributed by atoms with Crippen molar-refractivity contribution in [2.45, 2.75) is 0 Å². The van der Waals surface area contributed by atoms with Gasteiger partial charge >= 0.3 is 0 Å². The molecule has 0 heterocycles. The lowest BCUT2D eigenvalue weighted by molar-refractivity contribution is 0.621. The maximum Gasteiger partial charge on any atom is 0.145 e. The number of anilines is 1. The summed E-state index contributed by atoms with van der Waals surface area (Å²) in [6, 6.07) is 8.70. The van der Waals surface area contributed by atoms with E-state index >= 15 is 0 Å². The Morgan fingerprint density at radius 1 is 1.00 bits per heavy atom. The van der Waals surface area contributed by atoms with Crippen molar-refractivity contribution in [3.8, 4) is 11.1 Å². The first kappa shape index (κ1) is 11.1. The highest BCUT2D eigenvalue weighted by molar-refractivity contribution is 9.10. The van der Waals surface area contributed by atoms with Crippen molar-refractivity contribution in [2.24, 2.45) is 0 Å². The third-order valence-corrected chi connectivity index (χ3v) is 2.87. The first-order valence-corrected chi connectivity index (χ1v) is 5.38. The van der Waals surface area contributed by atoms with E-state index in [9.17, 15) is 8.78 Å². The van der Waals surface area contributed by atoms with Crippen LogP contribution in [0.25, 0.3) is 11.1 Å². The average Bonchev–Trinajstić information content (AvgIpc) is 2.26. The van der Waals surface area contributed by atoms with E-state index in [4.69, 9.17) is 5.73 Å². The Bertz CT molecular complexity index is 541. The zero-order chi connectivity index (χ0) is 11.7. The molecule has 0 bridgehead atoms. The molecular formula is C12H8BrF2N. The maximum absolute atomic E-state index is 13.8. The zero-order valence-corrected chi connectivity index (χ0v) is 9.76. The standard InChI is InChI=1S/C12H8BrF2N/c13-10-3-1-2-8(12(10)15)9-6-7(14)4-5-11(9)16/h1-6H,16H2. The smallest absolute Gasteiger partial charge is 0.145 e. The minimum atomic E-state index is -0.445. The van der Waals surface area contributed by atoms with Gasteiger partial charge in [0.1, 0.15) is 11.6 Å². The van der Waals surface area contributed by atoms with Gasteiger partial charge in [0, 0.05) is 16.8 Å². The van der Waals surface area contributed by atoms with Crippen LogP contribution in [0.4, 0.5) is 14.5 Å². The van der Waals surface area contributed by atoms with Crippen LogP contribution in [-0.2, 0) is 0 Å². The quantitative estimate of drug-likeness (QED) is 0.788. The highest BCUT2D eigenvalue weighted by Gasteiger charge is 2.11. The molecule has 0 aliphatic rings. The number of rotatable bonds is 1. The number of hydrogen-bond acceptors (Lipinski definition) is 1. The van der Waals surface area contributed by atoms with Gasteiger partial charge in [-0.1, -0.05) is 12.1 Å². The molecule has 1 nitrogen and oxygen atoms in total. The molecule has 0 aromatic heterocycles. The predicted octanol–water partition coefficient (Wildman–Crippen LogP) is 3.98. The molecule has 4 heteroatoms. The Morgan fingerprint density at radius 3 is 2.50 bits per heavy atom. The summed E-state index contributed by atoms with van der Waals surface area (Å²) >= 11 is 3.08. The molecule has 16 heavy (non-hydrogen) atoms. The van der Waals surface area contributed by atoms with E-state index in [-0.39, 0.29) is 5.56 Å². The van der Waals surface area contributed by atoms with Crippen molar-refractivity contribution in [1.82, 2.24) is 0 Å². The molecule has 82 valence electrons. The van der Waals surface area contributed by atoms with Gasteiger partial charge in [0.15, 0.2) is 0 Å². The summed E-state index contributed by atoms with van der Waals surface area (Å²) in [4.78, 5) is 0. The normalized spacial score (nSPS) is 10.4. The topological polar surface area (TPSA) is 26.0 Å². The Balaban J connectivity index is 2.67. The van der Waals surface area contributed by atoms with Crippen molar-refractivity contribution in [3.05, 3.63) is 52.5 Å². The van der Waals surface area contributed by atoms with Crippen molar-refractivity contribution in [3.63, 3.8) is 0 Å². The maximum atomic E-state index is 13.8. The van der Waals surface area contributed by atoms with Gasteiger partial charge in [-0.15, -0.1) is 0 Å². The second-order valence-corrected chi connectivity index (χ2v) is 4.19. The summed E-state index contributed by atoms with van der Waals surface area (Å²) in [6.45, 7) is 0. The van der Waals surface area contributed by atoms with Crippen LogP contribution in [0.5, 0.6) is 0 Å². The minimum Gasteiger partial charge on any atom is -0.398 e. The number of nitrogens with two attached hydrogens (primary N) is 1. The van der Waals surface area contributed by atoms with E-state index in [0.29, 0.717) is 15.7 Å². The minimum absolute atomic E-state index is 0.284. The summed E-state index contributed by atoms with van der Waals surface area (Å²) in [6.07, 6.45) is 0. The SMILES string of the molecule is Nc1ccc(F)cc1-c1cccc(Br)c1F. The van der Waals surface area contributed by atoms with Crippen LogP contribution in [0.15, 0.2) is 40.9 Å². The average molecular weight is 284 g/mol. The summed E-state index contributed by atoms with van der Waals surface area (Å²) in [5, 5.41) is 0. The second kappa shape index (κ2) is 4.22. The summed E-state index contributed by atoms with van der Waals surface area (Å²) in [5.74, 6) is -0.886. The fourth-order valence-electron chi connectivity index (χ4n) is 1.47. The summed E-state index contributed by atoms with van der Waals surface area (Å²) < 4.78 is 27.2. The molecule has 2 aromatic carbocycles. The third-order valence-electron chi connectivity index (χ3n) is 2.26. The number of benzene rings is 2. The Morgan fingerprint density at radius 2 is 1.75 bits per heavy atom. The van der Waals surface area contributed by atoms with E-state index in [0.717, 1.165) is 0 Å². The molecule has 0 radical (unpaired) electrons. The monoisotopic (exact) mass is 283 g/mol. The molecule has 0 unspecified atom stereocenters. The lowest BCUT2D eigenvalue weighted by Crippen LogP contribution is -1.93. The Labute approximate surface area is 100 Å². The number of nitrogen functional groups attached to an aromatic ring is 1. The zero-order valence-electron chi connectivity index (χ0n) is 8.18. The molecule has 0 atom stereocenters. The summed E-state index contributed by atoms with van der Waals surface area (Å²) in [5.41, 5.74) is 6.68. The van der Waals surface area contributed by atoms with Crippen LogP contribution in [-0.4, -0.2) is 0 Å². The highest BCUT2D eigenvalue weighted by atomic mass is 79.9. The Kier molecular flexibility index (Phi) is 2.92. The van der Waals surface area contributed by atoms with E-state index < -0.39 is 11.6 Å². The highest BCUT2D eigenvalue weighted by Crippen LogP contribution is 2.31. The van der Waals surface area contributed by atoms with Crippen LogP contribution in [0.2, 0.25) is 0 Å². The first-order chi connectivity index (χ1) is 7.59. The van der Waals surface area contributed by atoms with Gasteiger partial charge in [0.05, 0.1) is 4.47 Å². The molecule has 0 amide bonds. The van der Waals surface area contributed by atoms with Gasteiger partial charge in [-0.05, 0) is 40.2 Å². The second-order valence-electron chi connectivity index (χ2n) is 3.33. The van der Waals surface area contributed by atoms with Crippen LogP contribution in [0, 0.1) is 11.6 Å². The van der Waals surface area contributed by atoms with E-state index in [1.54, 1.807) is 18.2 Å². The van der Waals surface area contributed by atoms with Gasteiger partial charge in [-0.2, -0.15) is 0 Å². The molecule has 0 aliphatic heterocycles. The molecule has 0 saturated carbocycles. The summed E-state index contributed by atoms with van der Waals surface area (Å²) in [7, 11) is 0. The fraction of sp³-hybridized carbons (Fsp3) is 0. The van der Waals surface area contributed by atoms with Gasteiger partial charge in [0.2, 0.25) is 0 Å². The number of halogens is 3. The Hall–Kier alpha value is -1.42. The fourth-order valence-corrected chi connectivity index (χ4v) is 1.84. The van der Waals surface area contributed by atoms with Gasteiger partial charge in [-0.25, -0.2) is 8.78 Å². The van der Waals surface area contributed by atoms with Crippen molar-refractivity contribution in [2.75, 3.05) is 5.73 Å². The van der Waals surface area contributed by atoms with Crippen molar-refractivity contribution >= 4 is 21.6 Å². The lowest BCUT2D eigenvalue weighted by atomic mass is 10.0. The lowest BCUT2D eigenvalue weighted by Gasteiger charge is -2.08.